The van der Waals surface area contributed by atoms with Crippen LogP contribution in [0, 0.1) is 10.1 Å². The van der Waals surface area contributed by atoms with Crippen molar-refractivity contribution in [2.24, 2.45) is 5.73 Å². The summed E-state index contributed by atoms with van der Waals surface area (Å²) in [6, 6.07) is 2.79. The molecule has 0 amide bonds. The van der Waals surface area contributed by atoms with Gasteiger partial charge in [0.2, 0.25) is 5.52 Å². The molecule has 0 saturated carbocycles. The second-order valence-corrected chi connectivity index (χ2v) is 4.96. The number of hydrogen-bond donors (Lipinski definition) is 2. The van der Waals surface area contributed by atoms with Crippen molar-refractivity contribution in [1.82, 2.24) is 10.3 Å². The lowest BCUT2D eigenvalue weighted by Crippen LogP contribution is -2.50. The van der Waals surface area contributed by atoms with Crippen LogP contribution in [-0.2, 0) is 4.79 Å². The van der Waals surface area contributed by atoms with Crippen molar-refractivity contribution >= 4 is 28.4 Å². The van der Waals surface area contributed by atoms with Crippen molar-refractivity contribution < 1.29 is 19.5 Å². The van der Waals surface area contributed by atoms with Gasteiger partial charge in [0.05, 0.1) is 10.6 Å². The quantitative estimate of drug-likeness (QED) is 0.594. The Morgan fingerprint density at radius 3 is 2.81 bits per heavy atom. The van der Waals surface area contributed by atoms with Crippen molar-refractivity contribution in [2.45, 2.75) is 12.0 Å². The van der Waals surface area contributed by atoms with Gasteiger partial charge in [-0.1, -0.05) is 0 Å². The zero-order chi connectivity index (χ0) is 15.2. The zero-order valence-corrected chi connectivity index (χ0v) is 10.7. The van der Waals surface area contributed by atoms with Crippen LogP contribution in [0.3, 0.4) is 0 Å². The SMILES string of the molecule is NC1(C(=O)O)CCN(c2ccc([N+](=O)[O-])c3nonc23)C1. The van der Waals surface area contributed by atoms with E-state index in [1.54, 1.807) is 4.90 Å². The van der Waals surface area contributed by atoms with Crippen LogP contribution >= 0.6 is 0 Å². The molecule has 0 bridgehead atoms. The Morgan fingerprint density at radius 2 is 2.19 bits per heavy atom. The van der Waals surface area contributed by atoms with Crippen molar-refractivity contribution in [3.8, 4) is 0 Å². The van der Waals surface area contributed by atoms with E-state index in [2.05, 4.69) is 14.9 Å². The van der Waals surface area contributed by atoms with Gasteiger partial charge in [0, 0.05) is 19.2 Å². The number of aliphatic carboxylic acids is 1. The molecule has 2 aromatic rings. The number of anilines is 1. The van der Waals surface area contributed by atoms with Crippen LogP contribution in [0.15, 0.2) is 16.8 Å². The lowest BCUT2D eigenvalue weighted by Gasteiger charge is -2.21. The predicted octanol–water partition coefficient (Wildman–Crippen LogP) is 0.123. The summed E-state index contributed by atoms with van der Waals surface area (Å²) in [4.78, 5) is 23.2. The van der Waals surface area contributed by atoms with Crippen LogP contribution in [0.1, 0.15) is 6.42 Å². The van der Waals surface area contributed by atoms with E-state index in [1.807, 2.05) is 0 Å². The fourth-order valence-electron chi connectivity index (χ4n) is 2.46. The van der Waals surface area contributed by atoms with E-state index in [9.17, 15) is 14.9 Å². The molecular weight excluding hydrogens is 282 g/mol. The number of benzene rings is 1. The number of fused-ring (bicyclic) bond motifs is 1. The number of carbonyl (C=O) groups is 1. The Labute approximate surface area is 117 Å². The number of nitro groups is 1. The summed E-state index contributed by atoms with van der Waals surface area (Å²) in [5.41, 5.74) is 5.03. The van der Waals surface area contributed by atoms with Crippen LogP contribution < -0.4 is 10.6 Å². The smallest absolute Gasteiger partial charge is 0.325 e. The molecule has 1 saturated heterocycles. The molecule has 1 unspecified atom stereocenters. The van der Waals surface area contributed by atoms with Crippen LogP contribution in [0.25, 0.3) is 11.0 Å². The molecule has 3 rings (SSSR count). The van der Waals surface area contributed by atoms with Gasteiger partial charge in [0.15, 0.2) is 5.52 Å². The third-order valence-electron chi connectivity index (χ3n) is 3.64. The van der Waals surface area contributed by atoms with Crippen molar-refractivity contribution in [3.63, 3.8) is 0 Å². The van der Waals surface area contributed by atoms with E-state index in [-0.39, 0.29) is 29.7 Å². The molecule has 1 aromatic carbocycles. The molecule has 10 nitrogen and oxygen atoms in total. The normalized spacial score (nSPS) is 21.9. The van der Waals surface area contributed by atoms with E-state index in [4.69, 9.17) is 10.8 Å². The highest BCUT2D eigenvalue weighted by atomic mass is 16.6. The molecule has 21 heavy (non-hydrogen) atoms. The topological polar surface area (TPSA) is 149 Å². The average Bonchev–Trinajstić information content (AvgIpc) is 3.04. The highest BCUT2D eigenvalue weighted by Crippen LogP contribution is 2.34. The first-order valence-corrected chi connectivity index (χ1v) is 6.09. The van der Waals surface area contributed by atoms with Gasteiger partial charge >= 0.3 is 11.7 Å². The molecule has 0 spiro atoms. The minimum atomic E-state index is -1.34. The van der Waals surface area contributed by atoms with Crippen LogP contribution in [0.4, 0.5) is 11.4 Å². The Bertz CT molecular complexity index is 744. The first kappa shape index (κ1) is 13.2. The number of carboxylic acids is 1. The van der Waals surface area contributed by atoms with Gasteiger partial charge < -0.3 is 15.7 Å². The molecule has 1 aliphatic heterocycles. The van der Waals surface area contributed by atoms with Gasteiger partial charge in [-0.3, -0.25) is 14.9 Å². The maximum absolute atomic E-state index is 11.2. The molecule has 3 N–H and O–H groups in total. The third kappa shape index (κ3) is 1.96. The molecular formula is C11H11N5O5. The number of aromatic nitrogens is 2. The minimum Gasteiger partial charge on any atom is -0.480 e. The van der Waals surface area contributed by atoms with E-state index in [1.165, 1.54) is 12.1 Å². The van der Waals surface area contributed by atoms with E-state index in [0.717, 1.165) is 0 Å². The monoisotopic (exact) mass is 293 g/mol. The van der Waals surface area contributed by atoms with Gasteiger partial charge in [-0.15, -0.1) is 0 Å². The first-order chi connectivity index (χ1) is 9.92. The van der Waals surface area contributed by atoms with E-state index >= 15 is 0 Å². The molecule has 1 atom stereocenters. The summed E-state index contributed by atoms with van der Waals surface area (Å²) >= 11 is 0. The van der Waals surface area contributed by atoms with Gasteiger partial charge in [0.1, 0.15) is 5.54 Å². The number of nitrogens with zero attached hydrogens (tertiary/aromatic N) is 4. The standard InChI is InChI=1S/C11H11N5O5/c12-11(10(17)18)3-4-15(5-11)6-1-2-7(16(19)20)9-8(6)13-21-14-9/h1-2H,3-5,12H2,(H,17,18). The summed E-state index contributed by atoms with van der Waals surface area (Å²) in [6.07, 6.45) is 0.270. The average molecular weight is 293 g/mol. The lowest BCUT2D eigenvalue weighted by atomic mass is 10.0. The molecule has 110 valence electrons. The Kier molecular flexibility index (Phi) is 2.76. The molecule has 0 aliphatic carbocycles. The van der Waals surface area contributed by atoms with Crippen molar-refractivity contribution in [1.29, 1.82) is 0 Å². The van der Waals surface area contributed by atoms with Crippen LogP contribution in [-0.4, -0.2) is 44.9 Å². The van der Waals surface area contributed by atoms with E-state index in [0.29, 0.717) is 12.2 Å². The molecule has 1 aliphatic rings. The number of nitro benzene ring substituents is 1. The number of nitrogens with two attached hydrogens (primary N) is 1. The van der Waals surface area contributed by atoms with Gasteiger partial charge in [-0.2, -0.15) is 0 Å². The fraction of sp³-hybridized carbons (Fsp3) is 0.364. The Morgan fingerprint density at radius 1 is 1.48 bits per heavy atom. The summed E-state index contributed by atoms with van der Waals surface area (Å²) in [5.74, 6) is -1.08. The number of rotatable bonds is 3. The van der Waals surface area contributed by atoms with Crippen LogP contribution in [0.2, 0.25) is 0 Å². The van der Waals surface area contributed by atoms with Crippen molar-refractivity contribution in [3.05, 3.63) is 22.2 Å². The maximum Gasteiger partial charge on any atom is 0.325 e. The van der Waals surface area contributed by atoms with Gasteiger partial charge in [-0.25, -0.2) is 4.63 Å². The number of carboxylic acid groups (broad SMARTS) is 1. The molecule has 1 fully saturated rings. The highest BCUT2D eigenvalue weighted by molar-refractivity contribution is 5.94. The second kappa shape index (κ2) is 4.38. The molecule has 1 aromatic heterocycles. The second-order valence-electron chi connectivity index (χ2n) is 4.96. The summed E-state index contributed by atoms with van der Waals surface area (Å²) in [5, 5.41) is 27.3. The summed E-state index contributed by atoms with van der Waals surface area (Å²) < 4.78 is 4.58. The van der Waals surface area contributed by atoms with Crippen LogP contribution in [0.5, 0.6) is 0 Å². The molecule has 2 heterocycles. The zero-order valence-electron chi connectivity index (χ0n) is 10.7. The van der Waals surface area contributed by atoms with Crippen molar-refractivity contribution in [2.75, 3.05) is 18.0 Å². The highest BCUT2D eigenvalue weighted by Gasteiger charge is 2.42. The molecule has 0 radical (unpaired) electrons. The Hall–Kier alpha value is -2.75. The predicted molar refractivity (Wildman–Crippen MR) is 69.8 cm³/mol. The lowest BCUT2D eigenvalue weighted by molar-refractivity contribution is -0.383. The largest absolute Gasteiger partial charge is 0.480 e. The number of non-ortho nitro benzene ring substituents is 1. The first-order valence-electron chi connectivity index (χ1n) is 6.09. The fourth-order valence-corrected chi connectivity index (χ4v) is 2.46. The maximum atomic E-state index is 11.2. The third-order valence-corrected chi connectivity index (χ3v) is 3.64. The van der Waals surface area contributed by atoms with Gasteiger partial charge in [-0.05, 0) is 22.8 Å². The minimum absolute atomic E-state index is 0.0300. The summed E-state index contributed by atoms with van der Waals surface area (Å²) in [7, 11) is 0. The van der Waals surface area contributed by atoms with Gasteiger partial charge in [0.25, 0.3) is 0 Å². The van der Waals surface area contributed by atoms with E-state index < -0.39 is 16.4 Å². The Balaban J connectivity index is 2.03. The molecule has 10 heteroatoms. The summed E-state index contributed by atoms with van der Waals surface area (Å²) in [6.45, 7) is 0.491. The number of hydrogen-bond acceptors (Lipinski definition) is 8.